The summed E-state index contributed by atoms with van der Waals surface area (Å²) in [7, 11) is 0. The van der Waals surface area contributed by atoms with Crippen LogP contribution < -0.4 is 0 Å². The number of rotatable bonds is 1. The fourth-order valence-electron chi connectivity index (χ4n) is 0.868. The van der Waals surface area contributed by atoms with Gasteiger partial charge in [-0.05, 0) is 28.7 Å². The standard InChI is InChI=1S/C7H2ClF5IN/c8-4-2(7(11,12)13)1-3(14)15-5(4)6(9)10/h1,6H. The SMILES string of the molecule is FC(F)c1nc(I)cc(C(F)(F)F)c1Cl. The fourth-order valence-corrected chi connectivity index (χ4v) is 1.73. The Balaban J connectivity index is 3.42. The molecule has 0 saturated heterocycles. The van der Waals surface area contributed by atoms with Gasteiger partial charge in [0.05, 0.1) is 10.6 Å². The average Bonchev–Trinajstić information content (AvgIpc) is 2.06. The van der Waals surface area contributed by atoms with Gasteiger partial charge in [0.2, 0.25) is 0 Å². The summed E-state index contributed by atoms with van der Waals surface area (Å²) in [5.41, 5.74) is -2.34. The van der Waals surface area contributed by atoms with Crippen LogP contribution in [0.3, 0.4) is 0 Å². The number of hydrogen-bond acceptors (Lipinski definition) is 1. The zero-order valence-electron chi connectivity index (χ0n) is 6.75. The lowest BCUT2D eigenvalue weighted by Gasteiger charge is -2.11. The van der Waals surface area contributed by atoms with E-state index in [2.05, 4.69) is 4.98 Å². The van der Waals surface area contributed by atoms with Crippen molar-refractivity contribution in [1.29, 1.82) is 0 Å². The molecule has 0 radical (unpaired) electrons. The van der Waals surface area contributed by atoms with E-state index < -0.39 is 28.9 Å². The second kappa shape index (κ2) is 4.36. The van der Waals surface area contributed by atoms with Crippen LogP contribution in [0.1, 0.15) is 17.7 Å². The molecule has 0 aliphatic heterocycles. The number of aromatic nitrogens is 1. The van der Waals surface area contributed by atoms with Crippen LogP contribution in [0.5, 0.6) is 0 Å². The summed E-state index contributed by atoms with van der Waals surface area (Å²) < 4.78 is 61.3. The molecule has 0 amide bonds. The van der Waals surface area contributed by atoms with Crippen molar-refractivity contribution in [2.45, 2.75) is 12.6 Å². The number of pyridine rings is 1. The lowest BCUT2D eigenvalue weighted by Crippen LogP contribution is -2.09. The summed E-state index contributed by atoms with van der Waals surface area (Å²) in [5, 5.41) is -1.04. The van der Waals surface area contributed by atoms with E-state index in [1.807, 2.05) is 0 Å². The average molecular weight is 357 g/mol. The molecule has 15 heavy (non-hydrogen) atoms. The Labute approximate surface area is 99.8 Å². The maximum Gasteiger partial charge on any atom is 0.418 e. The van der Waals surface area contributed by atoms with Crippen molar-refractivity contribution in [1.82, 2.24) is 4.98 Å². The van der Waals surface area contributed by atoms with Crippen LogP contribution in [0.25, 0.3) is 0 Å². The highest BCUT2D eigenvalue weighted by atomic mass is 127. The smallest absolute Gasteiger partial charge is 0.239 e. The maximum absolute atomic E-state index is 12.3. The van der Waals surface area contributed by atoms with E-state index in [0.717, 1.165) is 0 Å². The van der Waals surface area contributed by atoms with E-state index >= 15 is 0 Å². The molecule has 0 saturated carbocycles. The molecule has 1 aromatic heterocycles. The molecule has 0 fully saturated rings. The predicted octanol–water partition coefficient (Wildman–Crippen LogP) is 4.30. The first-order valence-corrected chi connectivity index (χ1v) is 4.90. The van der Waals surface area contributed by atoms with Gasteiger partial charge >= 0.3 is 6.18 Å². The van der Waals surface area contributed by atoms with Gasteiger partial charge in [-0.1, -0.05) is 11.6 Å². The van der Waals surface area contributed by atoms with E-state index in [1.165, 1.54) is 22.6 Å². The topological polar surface area (TPSA) is 12.9 Å². The van der Waals surface area contributed by atoms with Crippen LogP contribution in [0, 0.1) is 3.70 Å². The van der Waals surface area contributed by atoms with Gasteiger partial charge in [0.1, 0.15) is 9.39 Å². The zero-order chi connectivity index (χ0) is 11.8. The molecule has 0 atom stereocenters. The van der Waals surface area contributed by atoms with E-state index in [1.54, 1.807) is 0 Å². The van der Waals surface area contributed by atoms with Crippen LogP contribution in [0.15, 0.2) is 6.07 Å². The molecule has 0 N–H and O–H groups in total. The van der Waals surface area contributed by atoms with Crippen molar-refractivity contribution >= 4 is 34.2 Å². The molecule has 1 nitrogen and oxygen atoms in total. The van der Waals surface area contributed by atoms with Gasteiger partial charge < -0.3 is 0 Å². The van der Waals surface area contributed by atoms with Crippen molar-refractivity contribution in [3.05, 3.63) is 26.0 Å². The maximum atomic E-state index is 12.3. The summed E-state index contributed by atoms with van der Waals surface area (Å²) >= 11 is 6.61. The quantitative estimate of drug-likeness (QED) is 0.415. The molecule has 1 heterocycles. The Morgan fingerprint density at radius 1 is 1.33 bits per heavy atom. The summed E-state index contributed by atoms with van der Waals surface area (Å²) in [6.45, 7) is 0. The summed E-state index contributed by atoms with van der Waals surface area (Å²) in [4.78, 5) is 3.25. The minimum absolute atomic E-state index is 0.181. The first kappa shape index (κ1) is 12.9. The van der Waals surface area contributed by atoms with E-state index in [-0.39, 0.29) is 3.70 Å². The second-order valence-electron chi connectivity index (χ2n) is 2.49. The molecule has 0 aromatic carbocycles. The number of hydrogen-bond donors (Lipinski definition) is 0. The molecule has 0 spiro atoms. The molecule has 84 valence electrons. The van der Waals surface area contributed by atoms with Gasteiger partial charge in [-0.3, -0.25) is 0 Å². The fraction of sp³-hybridized carbons (Fsp3) is 0.286. The van der Waals surface area contributed by atoms with Crippen LogP contribution >= 0.6 is 34.2 Å². The third-order valence-corrected chi connectivity index (χ3v) is 2.41. The van der Waals surface area contributed by atoms with Crippen LogP contribution in [0.4, 0.5) is 22.0 Å². The second-order valence-corrected chi connectivity index (χ2v) is 3.97. The van der Waals surface area contributed by atoms with E-state index in [9.17, 15) is 22.0 Å². The van der Waals surface area contributed by atoms with Crippen molar-refractivity contribution in [3.8, 4) is 0 Å². The molecule has 0 aliphatic rings. The van der Waals surface area contributed by atoms with Crippen LogP contribution in [-0.2, 0) is 6.18 Å². The Morgan fingerprint density at radius 3 is 2.27 bits per heavy atom. The third-order valence-electron chi connectivity index (χ3n) is 1.46. The molecule has 1 rings (SSSR count). The number of nitrogens with zero attached hydrogens (tertiary/aromatic N) is 1. The highest BCUT2D eigenvalue weighted by Crippen LogP contribution is 2.38. The van der Waals surface area contributed by atoms with Crippen molar-refractivity contribution in [3.63, 3.8) is 0 Å². The normalized spacial score (nSPS) is 12.3. The van der Waals surface area contributed by atoms with Crippen molar-refractivity contribution in [2.24, 2.45) is 0 Å². The van der Waals surface area contributed by atoms with Gasteiger partial charge in [0, 0.05) is 0 Å². The largest absolute Gasteiger partial charge is 0.418 e. The highest BCUT2D eigenvalue weighted by molar-refractivity contribution is 14.1. The Hall–Kier alpha value is -0.180. The minimum atomic E-state index is -4.76. The highest BCUT2D eigenvalue weighted by Gasteiger charge is 2.36. The minimum Gasteiger partial charge on any atom is -0.239 e. The van der Waals surface area contributed by atoms with Gasteiger partial charge in [0.25, 0.3) is 6.43 Å². The Kier molecular flexibility index (Phi) is 3.75. The zero-order valence-corrected chi connectivity index (χ0v) is 9.66. The molecular formula is C7H2ClF5IN. The van der Waals surface area contributed by atoms with E-state index in [0.29, 0.717) is 6.07 Å². The number of alkyl halides is 5. The third kappa shape index (κ3) is 2.90. The van der Waals surface area contributed by atoms with Gasteiger partial charge in [-0.25, -0.2) is 13.8 Å². The monoisotopic (exact) mass is 357 g/mol. The van der Waals surface area contributed by atoms with Gasteiger partial charge in [0.15, 0.2) is 0 Å². The van der Waals surface area contributed by atoms with Crippen molar-refractivity contribution < 1.29 is 22.0 Å². The Bertz CT molecular complexity index is 378. The van der Waals surface area contributed by atoms with Crippen LogP contribution in [0.2, 0.25) is 5.02 Å². The molecule has 0 bridgehead atoms. The first-order chi connectivity index (χ1) is 6.73. The van der Waals surface area contributed by atoms with E-state index in [4.69, 9.17) is 11.6 Å². The molecule has 1 aromatic rings. The predicted molar refractivity (Wildman–Crippen MR) is 51.9 cm³/mol. The summed E-state index contributed by atoms with van der Waals surface area (Å²) in [6, 6.07) is 0.620. The summed E-state index contributed by atoms with van der Waals surface area (Å²) in [5.74, 6) is 0. The van der Waals surface area contributed by atoms with Crippen molar-refractivity contribution in [2.75, 3.05) is 0 Å². The van der Waals surface area contributed by atoms with Crippen LogP contribution in [-0.4, -0.2) is 4.98 Å². The number of halogens is 7. The molecule has 0 unspecified atom stereocenters. The van der Waals surface area contributed by atoms with Gasteiger partial charge in [-0.2, -0.15) is 13.2 Å². The Morgan fingerprint density at radius 2 is 1.87 bits per heavy atom. The lowest BCUT2D eigenvalue weighted by molar-refractivity contribution is -0.137. The molecule has 0 aliphatic carbocycles. The molecule has 8 heteroatoms. The van der Waals surface area contributed by atoms with Gasteiger partial charge in [-0.15, -0.1) is 0 Å². The lowest BCUT2D eigenvalue weighted by atomic mass is 10.2. The first-order valence-electron chi connectivity index (χ1n) is 3.44. The molecular weight excluding hydrogens is 355 g/mol. The summed E-state index contributed by atoms with van der Waals surface area (Å²) in [6.07, 6.45) is -7.89.